The molecule has 0 saturated heterocycles. The van der Waals surface area contributed by atoms with Crippen molar-refractivity contribution in [1.29, 1.82) is 0 Å². The highest BCUT2D eigenvalue weighted by Gasteiger charge is 2.32. The van der Waals surface area contributed by atoms with Crippen LogP contribution in [0.2, 0.25) is 0 Å². The van der Waals surface area contributed by atoms with Gasteiger partial charge in [0.25, 0.3) is 5.91 Å². The number of carbonyl (C=O) groups is 2. The van der Waals surface area contributed by atoms with Crippen molar-refractivity contribution in [3.8, 4) is 11.5 Å². The Balaban J connectivity index is 1.50. The first-order chi connectivity index (χ1) is 20.7. The van der Waals surface area contributed by atoms with Crippen LogP contribution in [0.4, 0.5) is 5.69 Å². The quantitative estimate of drug-likeness (QED) is 0.160. The predicted octanol–water partition coefficient (Wildman–Crippen LogP) is 6.75. The number of benzene rings is 3. The number of nitrogens with zero attached hydrogens (tertiary/aromatic N) is 3. The number of aromatic nitrogens is 2. The zero-order valence-electron chi connectivity index (χ0n) is 25.1. The highest BCUT2D eigenvalue weighted by molar-refractivity contribution is 7.99. The molecule has 1 atom stereocenters. The number of hydrogen-bond donors (Lipinski definition) is 1. The molecule has 2 heterocycles. The summed E-state index contributed by atoms with van der Waals surface area (Å²) in [6.45, 7) is 10.5. The monoisotopic (exact) mass is 596 g/mol. The lowest BCUT2D eigenvalue weighted by atomic mass is 9.97. The van der Waals surface area contributed by atoms with Crippen molar-refractivity contribution in [2.75, 3.05) is 17.9 Å². The molecule has 2 amide bonds. The molecule has 9 heteroatoms. The summed E-state index contributed by atoms with van der Waals surface area (Å²) in [6, 6.07) is 22.2. The third-order valence-corrected chi connectivity index (χ3v) is 8.03. The average molecular weight is 597 g/mol. The van der Waals surface area contributed by atoms with Gasteiger partial charge in [-0.3, -0.25) is 9.59 Å². The van der Waals surface area contributed by atoms with Crippen LogP contribution in [0.1, 0.15) is 59.4 Å². The van der Waals surface area contributed by atoms with E-state index in [-0.39, 0.29) is 30.9 Å². The van der Waals surface area contributed by atoms with Crippen LogP contribution in [-0.2, 0) is 16.1 Å². The fourth-order valence-corrected chi connectivity index (χ4v) is 5.74. The summed E-state index contributed by atoms with van der Waals surface area (Å²) in [5.41, 5.74) is 6.14. The molecule has 0 aliphatic carbocycles. The van der Waals surface area contributed by atoms with Crippen molar-refractivity contribution < 1.29 is 19.1 Å². The van der Waals surface area contributed by atoms with Crippen molar-refractivity contribution in [2.24, 2.45) is 0 Å². The molecule has 5 rings (SSSR count). The molecule has 0 saturated carbocycles. The fourth-order valence-electron chi connectivity index (χ4n) is 4.90. The van der Waals surface area contributed by atoms with Crippen LogP contribution < -0.4 is 14.8 Å². The van der Waals surface area contributed by atoms with E-state index in [0.717, 1.165) is 33.6 Å². The Kier molecular flexibility index (Phi) is 9.31. The zero-order chi connectivity index (χ0) is 30.5. The molecule has 43 heavy (non-hydrogen) atoms. The second kappa shape index (κ2) is 13.3. The minimum Gasteiger partial charge on any atom is -0.454 e. The third-order valence-electron chi connectivity index (χ3n) is 7.20. The van der Waals surface area contributed by atoms with Crippen molar-refractivity contribution in [3.63, 3.8) is 0 Å². The topological polar surface area (TPSA) is 93.7 Å². The van der Waals surface area contributed by atoms with Gasteiger partial charge in [0.05, 0.1) is 5.75 Å². The van der Waals surface area contributed by atoms with Crippen LogP contribution in [0.25, 0.3) is 0 Å². The summed E-state index contributed by atoms with van der Waals surface area (Å²) in [4.78, 5) is 38.9. The maximum atomic E-state index is 14.2. The molecule has 1 aromatic heterocycles. The van der Waals surface area contributed by atoms with Crippen molar-refractivity contribution in [2.45, 2.75) is 58.3 Å². The minimum absolute atomic E-state index is 0.0760. The lowest BCUT2D eigenvalue weighted by molar-refractivity contribution is -0.137. The van der Waals surface area contributed by atoms with Crippen molar-refractivity contribution in [1.82, 2.24) is 14.9 Å². The summed E-state index contributed by atoms with van der Waals surface area (Å²) < 4.78 is 10.9. The van der Waals surface area contributed by atoms with Gasteiger partial charge in [-0.25, -0.2) is 9.97 Å². The van der Waals surface area contributed by atoms with E-state index in [2.05, 4.69) is 29.1 Å². The number of fused-ring (bicyclic) bond motifs is 1. The highest BCUT2D eigenvalue weighted by atomic mass is 32.2. The maximum Gasteiger partial charge on any atom is 0.251 e. The van der Waals surface area contributed by atoms with Crippen LogP contribution in [0.3, 0.4) is 0 Å². The van der Waals surface area contributed by atoms with Gasteiger partial charge < -0.3 is 19.7 Å². The average Bonchev–Trinajstić information content (AvgIpc) is 3.44. The Labute approximate surface area is 256 Å². The van der Waals surface area contributed by atoms with Crippen molar-refractivity contribution in [3.05, 3.63) is 106 Å². The zero-order valence-corrected chi connectivity index (χ0v) is 25.9. The van der Waals surface area contributed by atoms with Crippen LogP contribution in [0, 0.1) is 20.8 Å². The number of nitrogens with one attached hydrogen (secondary N) is 1. The van der Waals surface area contributed by atoms with E-state index in [0.29, 0.717) is 28.3 Å². The standard InChI is InChI=1S/C34H36N4O4S/c1-21(2)26-10-12-27(13-11-26)32(33(40)37-28-14-15-29-30(17-28)42-20-41-29)38(18-25-8-6-22(3)7-9-25)31(39)19-43-34-35-23(4)16-24(5)36-34/h6-17,21,32H,18-20H2,1-5H3,(H,37,40). The van der Waals surface area contributed by atoms with Gasteiger partial charge in [0, 0.05) is 29.7 Å². The Morgan fingerprint density at radius 1 is 0.860 bits per heavy atom. The van der Waals surface area contributed by atoms with Gasteiger partial charge in [-0.1, -0.05) is 79.7 Å². The lowest BCUT2D eigenvalue weighted by Gasteiger charge is -2.32. The van der Waals surface area contributed by atoms with E-state index < -0.39 is 6.04 Å². The fraction of sp³-hybridized carbons (Fsp3) is 0.294. The van der Waals surface area contributed by atoms with E-state index in [1.807, 2.05) is 75.4 Å². The SMILES string of the molecule is Cc1ccc(CN(C(=O)CSc2nc(C)cc(C)n2)C(C(=O)Nc2ccc3c(c2)OCO3)c2ccc(C(C)C)cc2)cc1. The van der Waals surface area contributed by atoms with E-state index in [9.17, 15) is 9.59 Å². The Bertz CT molecular complexity index is 1590. The predicted molar refractivity (Wildman–Crippen MR) is 168 cm³/mol. The van der Waals surface area contributed by atoms with Gasteiger partial charge in [0.1, 0.15) is 6.04 Å². The van der Waals surface area contributed by atoms with Gasteiger partial charge in [0.15, 0.2) is 16.7 Å². The summed E-state index contributed by atoms with van der Waals surface area (Å²) in [6.07, 6.45) is 0. The van der Waals surface area contributed by atoms with Gasteiger partial charge in [-0.2, -0.15) is 0 Å². The number of thioether (sulfide) groups is 1. The largest absolute Gasteiger partial charge is 0.454 e. The molecular weight excluding hydrogens is 560 g/mol. The van der Waals surface area contributed by atoms with Crippen molar-refractivity contribution >= 4 is 29.3 Å². The number of aryl methyl sites for hydroxylation is 3. The molecule has 0 bridgehead atoms. The number of amides is 2. The van der Waals surface area contributed by atoms with Crippen LogP contribution >= 0.6 is 11.8 Å². The Morgan fingerprint density at radius 3 is 2.19 bits per heavy atom. The third kappa shape index (κ3) is 7.53. The first-order valence-electron chi connectivity index (χ1n) is 14.3. The van der Waals surface area contributed by atoms with Gasteiger partial charge in [-0.15, -0.1) is 0 Å². The van der Waals surface area contributed by atoms with E-state index in [4.69, 9.17) is 9.47 Å². The molecule has 222 valence electrons. The molecular formula is C34H36N4O4S. The number of rotatable bonds is 10. The van der Waals surface area contributed by atoms with Gasteiger partial charge in [0.2, 0.25) is 12.7 Å². The first kappa shape index (κ1) is 30.1. The van der Waals surface area contributed by atoms with Gasteiger partial charge in [-0.05, 0) is 61.6 Å². The number of carbonyl (C=O) groups excluding carboxylic acids is 2. The van der Waals surface area contributed by atoms with Gasteiger partial charge >= 0.3 is 0 Å². The first-order valence-corrected chi connectivity index (χ1v) is 15.3. The normalized spacial score (nSPS) is 12.7. The molecule has 0 radical (unpaired) electrons. The van der Waals surface area contributed by atoms with Crippen LogP contribution in [-0.4, -0.2) is 39.2 Å². The lowest BCUT2D eigenvalue weighted by Crippen LogP contribution is -2.41. The second-order valence-corrected chi connectivity index (χ2v) is 12.0. The van der Waals surface area contributed by atoms with E-state index in [1.165, 1.54) is 11.8 Å². The maximum absolute atomic E-state index is 14.2. The molecule has 0 spiro atoms. The summed E-state index contributed by atoms with van der Waals surface area (Å²) in [5, 5.41) is 3.56. The van der Waals surface area contributed by atoms with Crippen LogP contribution in [0.15, 0.2) is 78.0 Å². The molecule has 4 aromatic rings. The van der Waals surface area contributed by atoms with E-state index in [1.54, 1.807) is 23.1 Å². The number of hydrogen-bond acceptors (Lipinski definition) is 7. The molecule has 1 aliphatic heterocycles. The summed E-state index contributed by atoms with van der Waals surface area (Å²) >= 11 is 1.27. The van der Waals surface area contributed by atoms with Crippen LogP contribution in [0.5, 0.6) is 11.5 Å². The minimum atomic E-state index is -0.902. The molecule has 1 aliphatic rings. The smallest absolute Gasteiger partial charge is 0.251 e. The molecule has 0 fully saturated rings. The summed E-state index contributed by atoms with van der Waals surface area (Å²) in [7, 11) is 0. The molecule has 1 unspecified atom stereocenters. The molecule has 1 N–H and O–H groups in total. The van der Waals surface area contributed by atoms with E-state index >= 15 is 0 Å². The number of anilines is 1. The molecule has 3 aromatic carbocycles. The highest BCUT2D eigenvalue weighted by Crippen LogP contribution is 2.35. The molecule has 8 nitrogen and oxygen atoms in total. The number of ether oxygens (including phenoxy) is 2. The second-order valence-electron chi connectivity index (χ2n) is 11.0. The summed E-state index contributed by atoms with van der Waals surface area (Å²) in [5.74, 6) is 1.06. The Morgan fingerprint density at radius 2 is 1.51 bits per heavy atom. The Hall–Kier alpha value is -4.37.